The van der Waals surface area contributed by atoms with Crippen molar-refractivity contribution in [1.29, 1.82) is 0 Å². The Hall–Kier alpha value is -2.80. The highest BCUT2D eigenvalue weighted by molar-refractivity contribution is 5.87. The molecular weight excluding hydrogens is 412 g/mol. The van der Waals surface area contributed by atoms with Crippen molar-refractivity contribution in [3.63, 3.8) is 0 Å². The van der Waals surface area contributed by atoms with Crippen LogP contribution in [0.3, 0.4) is 0 Å². The lowest BCUT2D eigenvalue weighted by atomic mass is 9.59. The Morgan fingerprint density at radius 2 is 2.03 bits per heavy atom. The number of nitrogens with zero attached hydrogens (tertiary/aromatic N) is 2. The lowest BCUT2D eigenvalue weighted by molar-refractivity contribution is -0.186. The quantitative estimate of drug-likeness (QED) is 0.553. The number of carbonyl (C=O) groups is 1. The summed E-state index contributed by atoms with van der Waals surface area (Å²) < 4.78 is 27.6. The Kier molecular flexibility index (Phi) is 4.85. The van der Waals surface area contributed by atoms with Gasteiger partial charge in [-0.15, -0.1) is 0 Å². The zero-order valence-corrected chi connectivity index (χ0v) is 18.3. The topological polar surface area (TPSA) is 69.2 Å². The molecule has 1 atom stereocenters. The van der Waals surface area contributed by atoms with E-state index in [1.54, 1.807) is 12.3 Å². The molecule has 0 bridgehead atoms. The summed E-state index contributed by atoms with van der Waals surface area (Å²) in [7, 11) is 0. The predicted molar refractivity (Wildman–Crippen MR) is 118 cm³/mol. The summed E-state index contributed by atoms with van der Waals surface area (Å²) in [6.45, 7) is 5.64. The number of hydrogen-bond acceptors (Lipinski definition) is 3. The van der Waals surface area contributed by atoms with Gasteiger partial charge in [-0.2, -0.15) is 0 Å². The van der Waals surface area contributed by atoms with Crippen molar-refractivity contribution in [2.24, 2.45) is 5.41 Å². The van der Waals surface area contributed by atoms with E-state index in [4.69, 9.17) is 0 Å². The van der Waals surface area contributed by atoms with Crippen LogP contribution in [-0.4, -0.2) is 38.4 Å². The van der Waals surface area contributed by atoms with Gasteiger partial charge >= 0.3 is 5.97 Å². The third-order valence-electron chi connectivity index (χ3n) is 7.39. The second-order valence-electron chi connectivity index (χ2n) is 9.69. The maximum absolute atomic E-state index is 13.8. The Bertz CT molecular complexity index is 1180. The lowest BCUT2D eigenvalue weighted by Crippen LogP contribution is -2.53. The third kappa shape index (κ3) is 3.58. The van der Waals surface area contributed by atoms with Gasteiger partial charge in [0, 0.05) is 48.7 Å². The number of aromatic amines is 1. The number of aromatic carboxylic acids is 1. The average Bonchev–Trinajstić information content (AvgIpc) is 3.21. The number of carboxylic acid groups (broad SMARTS) is 1. The molecule has 2 aromatic heterocycles. The van der Waals surface area contributed by atoms with Gasteiger partial charge in [0.15, 0.2) is 0 Å². The number of aryl methyl sites for hydroxylation is 2. The summed E-state index contributed by atoms with van der Waals surface area (Å²) >= 11 is 0. The van der Waals surface area contributed by atoms with Gasteiger partial charge in [0.25, 0.3) is 0 Å². The molecule has 2 N–H and O–H groups in total. The molecule has 1 aliphatic carbocycles. The zero-order valence-electron chi connectivity index (χ0n) is 18.3. The Labute approximate surface area is 185 Å². The predicted octanol–water partition coefficient (Wildman–Crippen LogP) is 5.63. The van der Waals surface area contributed by atoms with Gasteiger partial charge in [0.2, 0.25) is 5.92 Å². The van der Waals surface area contributed by atoms with Gasteiger partial charge in [-0.05, 0) is 73.0 Å². The van der Waals surface area contributed by atoms with Crippen molar-refractivity contribution in [3.8, 4) is 0 Å². The molecule has 32 heavy (non-hydrogen) atoms. The fourth-order valence-corrected chi connectivity index (χ4v) is 5.85. The van der Waals surface area contributed by atoms with E-state index in [1.165, 1.54) is 28.1 Å². The van der Waals surface area contributed by atoms with Gasteiger partial charge in [0.05, 0.1) is 0 Å². The molecule has 2 aliphatic rings. The number of halogens is 2. The molecule has 1 saturated carbocycles. The molecule has 1 saturated heterocycles. The summed E-state index contributed by atoms with van der Waals surface area (Å²) in [5.41, 5.74) is 5.31. The van der Waals surface area contributed by atoms with E-state index in [-0.39, 0.29) is 30.0 Å². The van der Waals surface area contributed by atoms with Crippen molar-refractivity contribution < 1.29 is 18.7 Å². The van der Waals surface area contributed by atoms with Crippen molar-refractivity contribution in [1.82, 2.24) is 14.9 Å². The molecule has 168 valence electrons. The number of piperidine rings is 1. The average molecular weight is 440 g/mol. The Morgan fingerprint density at radius 1 is 1.25 bits per heavy atom. The van der Waals surface area contributed by atoms with E-state index < -0.39 is 11.9 Å². The standard InChI is InChI=1S/C25H27F2N3O2/c1-15-9-16(2)22-18(5-7-28-22)19(15)12-30-8-6-24(13-25(26,27)14-24)10-21(30)17-3-4-20(23(31)32)29-11-17/h3-5,7,9,11,21,28H,6,8,10,12-14H2,1-2H3,(H,31,32)/t21-/m1/s1. The maximum Gasteiger partial charge on any atom is 0.354 e. The maximum atomic E-state index is 13.8. The van der Waals surface area contributed by atoms with Gasteiger partial charge in [-0.1, -0.05) is 12.1 Å². The molecule has 5 rings (SSSR count). The Balaban J connectivity index is 1.49. The largest absolute Gasteiger partial charge is 0.477 e. The van der Waals surface area contributed by atoms with Crippen molar-refractivity contribution >= 4 is 16.9 Å². The Morgan fingerprint density at radius 3 is 2.69 bits per heavy atom. The highest BCUT2D eigenvalue weighted by atomic mass is 19.3. The molecule has 3 heterocycles. The van der Waals surface area contributed by atoms with Crippen LogP contribution >= 0.6 is 0 Å². The highest BCUT2D eigenvalue weighted by Gasteiger charge is 2.58. The van der Waals surface area contributed by atoms with E-state index in [2.05, 4.69) is 40.8 Å². The normalized spacial score (nSPS) is 22.2. The molecule has 1 spiro atoms. The zero-order chi connectivity index (χ0) is 22.7. The highest BCUT2D eigenvalue weighted by Crippen LogP contribution is 2.60. The first-order valence-corrected chi connectivity index (χ1v) is 11.0. The smallest absolute Gasteiger partial charge is 0.354 e. The number of alkyl halides is 2. The third-order valence-corrected chi connectivity index (χ3v) is 7.39. The molecule has 3 aromatic rings. The summed E-state index contributed by atoms with van der Waals surface area (Å²) in [5.74, 6) is -3.64. The molecule has 0 amide bonds. The molecule has 1 aliphatic heterocycles. The van der Waals surface area contributed by atoms with Crippen LogP contribution in [0, 0.1) is 19.3 Å². The number of hydrogen-bond donors (Lipinski definition) is 2. The van der Waals surface area contributed by atoms with E-state index in [0.29, 0.717) is 13.0 Å². The van der Waals surface area contributed by atoms with Crippen LogP contribution in [0.5, 0.6) is 0 Å². The van der Waals surface area contributed by atoms with Crippen LogP contribution in [0.15, 0.2) is 36.7 Å². The molecule has 2 fully saturated rings. The number of carboxylic acids is 1. The second kappa shape index (κ2) is 7.37. The van der Waals surface area contributed by atoms with Gasteiger partial charge < -0.3 is 10.1 Å². The van der Waals surface area contributed by atoms with Crippen molar-refractivity contribution in [3.05, 3.63) is 64.6 Å². The first-order chi connectivity index (χ1) is 15.2. The minimum Gasteiger partial charge on any atom is -0.477 e. The molecule has 0 unspecified atom stereocenters. The summed E-state index contributed by atoms with van der Waals surface area (Å²) in [4.78, 5) is 21.0. The molecule has 0 radical (unpaired) electrons. The number of rotatable bonds is 4. The number of benzene rings is 1. The number of pyridine rings is 1. The van der Waals surface area contributed by atoms with Crippen LogP contribution < -0.4 is 0 Å². The summed E-state index contributed by atoms with van der Waals surface area (Å²) in [6, 6.07) is 7.50. The fraction of sp³-hybridized carbons (Fsp3) is 0.440. The molecule has 5 nitrogen and oxygen atoms in total. The van der Waals surface area contributed by atoms with E-state index >= 15 is 0 Å². The van der Waals surface area contributed by atoms with Crippen LogP contribution in [0.1, 0.15) is 64.5 Å². The first-order valence-electron chi connectivity index (χ1n) is 11.0. The first kappa shape index (κ1) is 21.1. The monoisotopic (exact) mass is 439 g/mol. The fourth-order valence-electron chi connectivity index (χ4n) is 5.85. The van der Waals surface area contributed by atoms with E-state index in [9.17, 15) is 18.7 Å². The SMILES string of the molecule is Cc1cc(C)c2[nH]ccc2c1CN1CCC2(C[C@@H]1c1ccc(C(=O)O)nc1)CC(F)(F)C2. The van der Waals surface area contributed by atoms with Crippen LogP contribution in [0.2, 0.25) is 0 Å². The number of nitrogens with one attached hydrogen (secondary N) is 1. The van der Waals surface area contributed by atoms with Crippen LogP contribution in [0.4, 0.5) is 8.78 Å². The van der Waals surface area contributed by atoms with Gasteiger partial charge in [0.1, 0.15) is 5.69 Å². The number of aromatic nitrogens is 2. The van der Waals surface area contributed by atoms with E-state index in [1.807, 2.05) is 6.20 Å². The number of likely N-dealkylation sites (tertiary alicyclic amines) is 1. The molecular formula is C25H27F2N3O2. The van der Waals surface area contributed by atoms with Crippen LogP contribution in [0.25, 0.3) is 10.9 Å². The summed E-state index contributed by atoms with van der Waals surface area (Å²) in [6.07, 6.45) is 4.82. The molecule has 1 aromatic carbocycles. The van der Waals surface area contributed by atoms with Crippen LogP contribution in [-0.2, 0) is 6.54 Å². The number of H-pyrrole nitrogens is 1. The van der Waals surface area contributed by atoms with E-state index in [0.717, 1.165) is 24.0 Å². The summed E-state index contributed by atoms with van der Waals surface area (Å²) in [5, 5.41) is 10.4. The second-order valence-corrected chi connectivity index (χ2v) is 9.69. The van der Waals surface area contributed by atoms with Crippen molar-refractivity contribution in [2.45, 2.75) is 58.0 Å². The minimum atomic E-state index is -2.57. The van der Waals surface area contributed by atoms with Gasteiger partial charge in [-0.25, -0.2) is 18.6 Å². The molecule has 7 heteroatoms. The number of fused-ring (bicyclic) bond motifs is 1. The van der Waals surface area contributed by atoms with Crippen molar-refractivity contribution in [2.75, 3.05) is 6.54 Å². The van der Waals surface area contributed by atoms with Gasteiger partial charge in [-0.3, -0.25) is 4.90 Å². The lowest BCUT2D eigenvalue weighted by Gasteiger charge is -2.54. The minimum absolute atomic E-state index is 0.00981.